The maximum atomic E-state index is 13.6. The number of carbonyl (C=O) groups excluding carboxylic acids is 1. The Morgan fingerprint density at radius 1 is 1.12 bits per heavy atom. The molecule has 5 rings (SSSR count). The summed E-state index contributed by atoms with van der Waals surface area (Å²) >= 11 is 0. The molecule has 5 aromatic rings. The van der Waals surface area contributed by atoms with E-state index in [0.29, 0.717) is 33.6 Å². The largest absolute Gasteiger partial charge is 0.490 e. The van der Waals surface area contributed by atoms with Crippen molar-refractivity contribution in [1.29, 1.82) is 0 Å². The Morgan fingerprint density at radius 2 is 1.94 bits per heavy atom. The number of nitrogens with two attached hydrogens (primary N) is 1. The van der Waals surface area contributed by atoms with Gasteiger partial charge in [-0.25, -0.2) is 19.3 Å². The topological polar surface area (TPSA) is 139 Å². The lowest BCUT2D eigenvalue weighted by Crippen LogP contribution is -2.31. The van der Waals surface area contributed by atoms with Gasteiger partial charge in [-0.05, 0) is 35.9 Å². The summed E-state index contributed by atoms with van der Waals surface area (Å²) in [6, 6.07) is 14.4. The standard InChI is InChI=1S/C23H18BFN6O3/c25-14-5-1-4-13(10-14)11-27-21-16-6-2-8-17(24(33)34)19(16)29-22(30-21)23-28-12-18-15(20(26)32)7-3-9-31(18)23/h1-10,12,33-34H,11H2,(H2,26,32)(H,27,29,30). The molecule has 168 valence electrons. The van der Waals surface area contributed by atoms with Gasteiger partial charge in [-0.1, -0.05) is 24.3 Å². The molecular weight excluding hydrogens is 438 g/mol. The van der Waals surface area contributed by atoms with E-state index in [-0.39, 0.29) is 29.2 Å². The van der Waals surface area contributed by atoms with E-state index in [1.165, 1.54) is 18.3 Å². The number of anilines is 1. The molecular formula is C23H18BFN6O3. The number of fused-ring (bicyclic) bond motifs is 2. The number of hydrogen-bond acceptors (Lipinski definition) is 7. The molecule has 3 heterocycles. The van der Waals surface area contributed by atoms with E-state index in [9.17, 15) is 19.2 Å². The van der Waals surface area contributed by atoms with Crippen LogP contribution >= 0.6 is 0 Å². The van der Waals surface area contributed by atoms with Gasteiger partial charge in [0.15, 0.2) is 11.6 Å². The average molecular weight is 456 g/mol. The second-order valence-electron chi connectivity index (χ2n) is 7.62. The van der Waals surface area contributed by atoms with Crippen LogP contribution in [0.5, 0.6) is 0 Å². The number of imidazole rings is 1. The number of rotatable bonds is 6. The van der Waals surface area contributed by atoms with Gasteiger partial charge in [0.1, 0.15) is 11.6 Å². The number of pyridine rings is 1. The summed E-state index contributed by atoms with van der Waals surface area (Å²) < 4.78 is 15.3. The molecule has 2 aromatic carbocycles. The molecule has 3 aromatic heterocycles. The number of hydrogen-bond donors (Lipinski definition) is 4. The van der Waals surface area contributed by atoms with Crippen LogP contribution in [-0.2, 0) is 6.54 Å². The van der Waals surface area contributed by atoms with Crippen molar-refractivity contribution in [2.24, 2.45) is 5.73 Å². The van der Waals surface area contributed by atoms with Crippen LogP contribution in [-0.4, -0.2) is 42.4 Å². The number of primary amides is 1. The van der Waals surface area contributed by atoms with E-state index in [2.05, 4.69) is 20.3 Å². The highest BCUT2D eigenvalue weighted by Crippen LogP contribution is 2.26. The fourth-order valence-electron chi connectivity index (χ4n) is 3.85. The normalized spacial score (nSPS) is 11.1. The molecule has 0 saturated carbocycles. The van der Waals surface area contributed by atoms with Gasteiger partial charge in [-0.15, -0.1) is 0 Å². The second-order valence-corrected chi connectivity index (χ2v) is 7.62. The predicted octanol–water partition coefficient (Wildman–Crippen LogP) is 1.47. The van der Waals surface area contributed by atoms with Crippen LogP contribution in [0.3, 0.4) is 0 Å². The lowest BCUT2D eigenvalue weighted by atomic mass is 9.79. The van der Waals surface area contributed by atoms with E-state index >= 15 is 0 Å². The molecule has 0 saturated heterocycles. The Labute approximate surface area is 192 Å². The van der Waals surface area contributed by atoms with Crippen LogP contribution < -0.4 is 16.5 Å². The molecule has 1 amide bonds. The molecule has 0 fully saturated rings. The highest BCUT2D eigenvalue weighted by atomic mass is 19.1. The van der Waals surface area contributed by atoms with Crippen LogP contribution in [0.15, 0.2) is 67.0 Å². The number of aromatic nitrogens is 4. The Morgan fingerprint density at radius 3 is 2.71 bits per heavy atom. The fourth-order valence-corrected chi connectivity index (χ4v) is 3.85. The average Bonchev–Trinajstić information content (AvgIpc) is 3.26. The maximum absolute atomic E-state index is 13.6. The van der Waals surface area contributed by atoms with Gasteiger partial charge in [-0.3, -0.25) is 9.20 Å². The van der Waals surface area contributed by atoms with E-state index in [4.69, 9.17) is 5.73 Å². The van der Waals surface area contributed by atoms with Crippen LogP contribution in [0.4, 0.5) is 10.2 Å². The molecule has 0 aliphatic heterocycles. The van der Waals surface area contributed by atoms with Crippen molar-refractivity contribution in [3.8, 4) is 11.6 Å². The van der Waals surface area contributed by atoms with Gasteiger partial charge in [-0.2, -0.15) is 0 Å². The summed E-state index contributed by atoms with van der Waals surface area (Å²) in [4.78, 5) is 25.4. The van der Waals surface area contributed by atoms with Gasteiger partial charge in [0, 0.05) is 23.6 Å². The Bertz CT molecular complexity index is 1560. The Kier molecular flexibility index (Phi) is 5.40. The minimum Gasteiger partial charge on any atom is -0.423 e. The summed E-state index contributed by atoms with van der Waals surface area (Å²) in [5, 5.41) is 23.5. The predicted molar refractivity (Wildman–Crippen MR) is 126 cm³/mol. The zero-order valence-corrected chi connectivity index (χ0v) is 17.7. The van der Waals surface area contributed by atoms with E-state index < -0.39 is 13.0 Å². The third-order valence-electron chi connectivity index (χ3n) is 5.42. The molecule has 0 aliphatic carbocycles. The van der Waals surface area contributed by atoms with Gasteiger partial charge in [0.05, 0.1) is 22.8 Å². The first kappa shape index (κ1) is 21.5. The zero-order chi connectivity index (χ0) is 23.8. The van der Waals surface area contributed by atoms with Crippen molar-refractivity contribution in [2.45, 2.75) is 6.54 Å². The first-order valence-electron chi connectivity index (χ1n) is 10.3. The Hall–Kier alpha value is -4.35. The third kappa shape index (κ3) is 3.83. The molecule has 11 heteroatoms. The first-order chi connectivity index (χ1) is 16.4. The highest BCUT2D eigenvalue weighted by Gasteiger charge is 2.21. The van der Waals surface area contributed by atoms with Gasteiger partial charge < -0.3 is 21.1 Å². The smallest absolute Gasteiger partial charge is 0.423 e. The van der Waals surface area contributed by atoms with E-state index in [1.807, 2.05) is 0 Å². The third-order valence-corrected chi connectivity index (χ3v) is 5.42. The van der Waals surface area contributed by atoms with Crippen molar-refractivity contribution in [1.82, 2.24) is 19.4 Å². The van der Waals surface area contributed by atoms with Crippen LogP contribution in [0.2, 0.25) is 0 Å². The lowest BCUT2D eigenvalue weighted by molar-refractivity contribution is 0.100. The lowest BCUT2D eigenvalue weighted by Gasteiger charge is -2.13. The van der Waals surface area contributed by atoms with Gasteiger partial charge in [0.25, 0.3) is 5.91 Å². The number of benzene rings is 2. The zero-order valence-electron chi connectivity index (χ0n) is 17.7. The molecule has 0 unspecified atom stereocenters. The van der Waals surface area contributed by atoms with Gasteiger partial charge in [0.2, 0.25) is 0 Å². The minimum atomic E-state index is -1.76. The molecule has 9 nitrogen and oxygen atoms in total. The van der Waals surface area contributed by atoms with Crippen molar-refractivity contribution in [2.75, 3.05) is 5.32 Å². The Balaban J connectivity index is 1.68. The molecule has 0 aliphatic rings. The van der Waals surface area contributed by atoms with E-state index in [1.54, 1.807) is 53.1 Å². The van der Waals surface area contributed by atoms with Gasteiger partial charge >= 0.3 is 7.12 Å². The number of halogens is 1. The highest BCUT2D eigenvalue weighted by molar-refractivity contribution is 6.61. The fraction of sp³-hybridized carbons (Fsp3) is 0.0435. The first-order valence-corrected chi connectivity index (χ1v) is 10.3. The second kappa shape index (κ2) is 8.54. The summed E-state index contributed by atoms with van der Waals surface area (Å²) in [6.45, 7) is 0.267. The summed E-state index contributed by atoms with van der Waals surface area (Å²) in [5.74, 6) is -0.0403. The number of para-hydroxylation sites is 1. The molecule has 34 heavy (non-hydrogen) atoms. The molecule has 0 bridgehead atoms. The molecule has 0 atom stereocenters. The van der Waals surface area contributed by atoms with Crippen LogP contribution in [0, 0.1) is 5.82 Å². The minimum absolute atomic E-state index is 0.184. The van der Waals surface area contributed by atoms with Crippen molar-refractivity contribution >= 4 is 40.7 Å². The number of carbonyl (C=O) groups is 1. The molecule has 0 radical (unpaired) electrons. The van der Waals surface area contributed by atoms with Crippen LogP contribution in [0.25, 0.3) is 28.1 Å². The maximum Gasteiger partial charge on any atom is 0.490 e. The number of nitrogens with zero attached hydrogens (tertiary/aromatic N) is 4. The van der Waals surface area contributed by atoms with Crippen LogP contribution in [0.1, 0.15) is 15.9 Å². The van der Waals surface area contributed by atoms with Crippen molar-refractivity contribution in [3.63, 3.8) is 0 Å². The number of amides is 1. The van der Waals surface area contributed by atoms with Crippen molar-refractivity contribution < 1.29 is 19.2 Å². The molecule has 5 N–H and O–H groups in total. The monoisotopic (exact) mass is 456 g/mol. The summed E-state index contributed by atoms with van der Waals surface area (Å²) in [7, 11) is -1.76. The SMILES string of the molecule is NC(=O)c1cccn2c(-c3nc(NCc4cccc(F)c4)c4cccc(B(O)O)c4n3)ncc12. The quantitative estimate of drug-likeness (QED) is 0.284. The number of nitrogens with one attached hydrogen (secondary N) is 1. The van der Waals surface area contributed by atoms with E-state index in [0.717, 1.165) is 0 Å². The summed E-state index contributed by atoms with van der Waals surface area (Å²) in [5.41, 5.74) is 7.45. The summed E-state index contributed by atoms with van der Waals surface area (Å²) in [6.07, 6.45) is 3.19. The van der Waals surface area contributed by atoms with Crippen molar-refractivity contribution in [3.05, 3.63) is 83.9 Å². The molecule has 0 spiro atoms.